The van der Waals surface area contributed by atoms with Gasteiger partial charge in [0.1, 0.15) is 11.9 Å². The van der Waals surface area contributed by atoms with Crippen molar-refractivity contribution in [2.75, 3.05) is 13.7 Å². The summed E-state index contributed by atoms with van der Waals surface area (Å²) in [5.41, 5.74) is 1.83. The van der Waals surface area contributed by atoms with Crippen molar-refractivity contribution >= 4 is 33.2 Å². The van der Waals surface area contributed by atoms with Crippen molar-refractivity contribution in [1.82, 2.24) is 0 Å². The number of rotatable bonds is 5. The summed E-state index contributed by atoms with van der Waals surface area (Å²) in [6.07, 6.45) is -2.91. The normalized spacial score (nSPS) is 27.3. The van der Waals surface area contributed by atoms with Crippen molar-refractivity contribution in [2.45, 2.75) is 35.2 Å². The zero-order valence-corrected chi connectivity index (χ0v) is 17.6. The molecule has 1 aliphatic heterocycles. The first kappa shape index (κ1) is 20.7. The highest BCUT2D eigenvalue weighted by atomic mass is 32.2. The van der Waals surface area contributed by atoms with Gasteiger partial charge in [-0.05, 0) is 29.1 Å². The van der Waals surface area contributed by atoms with Crippen molar-refractivity contribution in [2.24, 2.45) is 0 Å². The maximum absolute atomic E-state index is 10.6. The summed E-state index contributed by atoms with van der Waals surface area (Å²) in [7, 11) is 1.57. The summed E-state index contributed by atoms with van der Waals surface area (Å²) in [5, 5.41) is 40.7. The van der Waals surface area contributed by atoms with Crippen molar-refractivity contribution < 1.29 is 25.2 Å². The van der Waals surface area contributed by atoms with Crippen LogP contribution in [0.1, 0.15) is 21.3 Å². The van der Waals surface area contributed by atoms with E-state index in [1.54, 1.807) is 18.4 Å². The first-order chi connectivity index (χ1) is 14.0. The molecule has 1 fully saturated rings. The minimum absolute atomic E-state index is 0.282. The third kappa shape index (κ3) is 4.03. The Morgan fingerprint density at radius 1 is 0.966 bits per heavy atom. The van der Waals surface area contributed by atoms with E-state index in [9.17, 15) is 20.4 Å². The largest absolute Gasteiger partial charge is 0.496 e. The Labute approximate surface area is 177 Å². The van der Waals surface area contributed by atoms with E-state index >= 15 is 0 Å². The number of ether oxygens (including phenoxy) is 1. The summed E-state index contributed by atoms with van der Waals surface area (Å²) in [4.78, 5) is 1.24. The maximum Gasteiger partial charge on any atom is 0.123 e. The topological polar surface area (TPSA) is 90.2 Å². The molecule has 0 amide bonds. The molecule has 4 rings (SSSR count). The zero-order valence-electron chi connectivity index (χ0n) is 15.9. The van der Waals surface area contributed by atoms with Crippen LogP contribution in [0.5, 0.6) is 5.75 Å². The number of benzene rings is 2. The molecule has 0 spiro atoms. The van der Waals surface area contributed by atoms with Crippen molar-refractivity contribution in [3.8, 4) is 5.75 Å². The molecule has 0 aliphatic carbocycles. The Balaban J connectivity index is 1.66. The van der Waals surface area contributed by atoms with Gasteiger partial charge in [-0.3, -0.25) is 0 Å². The summed E-state index contributed by atoms with van der Waals surface area (Å²) in [6, 6.07) is 16.3. The van der Waals surface area contributed by atoms with E-state index in [-0.39, 0.29) is 6.61 Å². The van der Waals surface area contributed by atoms with E-state index in [1.807, 2.05) is 30.3 Å². The molecule has 0 radical (unpaired) electrons. The van der Waals surface area contributed by atoms with Gasteiger partial charge in [-0.25, -0.2) is 0 Å². The Bertz CT molecular complexity index is 953. The lowest BCUT2D eigenvalue weighted by atomic mass is 9.95. The van der Waals surface area contributed by atoms with Gasteiger partial charge < -0.3 is 25.2 Å². The molecule has 154 valence electrons. The summed E-state index contributed by atoms with van der Waals surface area (Å²) in [5.74, 6) is 0.613. The van der Waals surface area contributed by atoms with E-state index in [0.29, 0.717) is 5.75 Å². The highest BCUT2D eigenvalue weighted by Gasteiger charge is 2.44. The molecule has 0 unspecified atom stereocenters. The van der Waals surface area contributed by atoms with Crippen LogP contribution in [-0.2, 0) is 6.42 Å². The summed E-state index contributed by atoms with van der Waals surface area (Å²) in [6.45, 7) is -0.282. The lowest BCUT2D eigenvalue weighted by Gasteiger charge is -2.40. The second-order valence-corrected chi connectivity index (χ2v) is 9.81. The molecule has 2 aromatic carbocycles. The second-order valence-electron chi connectivity index (χ2n) is 7.25. The van der Waals surface area contributed by atoms with Gasteiger partial charge in [0.05, 0.1) is 36.4 Å². The minimum atomic E-state index is -1.32. The first-order valence-corrected chi connectivity index (χ1v) is 11.2. The first-order valence-electron chi connectivity index (χ1n) is 9.46. The van der Waals surface area contributed by atoms with Gasteiger partial charge in [0.25, 0.3) is 0 Å². The van der Waals surface area contributed by atoms with Gasteiger partial charge >= 0.3 is 0 Å². The molecule has 5 atom stereocenters. The van der Waals surface area contributed by atoms with Crippen LogP contribution in [0.4, 0.5) is 0 Å². The maximum atomic E-state index is 10.6. The zero-order chi connectivity index (χ0) is 20.5. The smallest absolute Gasteiger partial charge is 0.123 e. The Kier molecular flexibility index (Phi) is 6.15. The van der Waals surface area contributed by atoms with E-state index < -0.39 is 28.8 Å². The quantitative estimate of drug-likeness (QED) is 0.496. The molecule has 0 saturated carbocycles. The molecule has 1 aliphatic rings. The van der Waals surface area contributed by atoms with E-state index in [2.05, 4.69) is 18.2 Å². The molecule has 1 aromatic heterocycles. The highest BCUT2D eigenvalue weighted by Crippen LogP contribution is 2.46. The third-order valence-corrected chi connectivity index (χ3v) is 8.07. The van der Waals surface area contributed by atoms with E-state index in [0.717, 1.165) is 17.5 Å². The van der Waals surface area contributed by atoms with E-state index in [4.69, 9.17) is 4.74 Å². The number of hydrogen-bond acceptors (Lipinski definition) is 7. The average molecular weight is 433 g/mol. The number of thioether (sulfide) groups is 1. The molecule has 1 saturated heterocycles. The molecular weight excluding hydrogens is 408 g/mol. The fraction of sp³-hybridized carbons (Fsp3) is 0.364. The van der Waals surface area contributed by atoms with Crippen molar-refractivity contribution in [3.63, 3.8) is 0 Å². The monoisotopic (exact) mass is 432 g/mol. The van der Waals surface area contributed by atoms with Gasteiger partial charge in [0.2, 0.25) is 0 Å². The fourth-order valence-corrected chi connectivity index (χ4v) is 6.34. The summed E-state index contributed by atoms with van der Waals surface area (Å²) >= 11 is 3.02. The molecule has 2 heterocycles. The van der Waals surface area contributed by atoms with Crippen molar-refractivity contribution in [3.05, 3.63) is 64.5 Å². The van der Waals surface area contributed by atoms with Crippen LogP contribution in [0.25, 0.3) is 10.1 Å². The van der Waals surface area contributed by atoms with Crippen LogP contribution in [0, 0.1) is 0 Å². The Morgan fingerprint density at radius 3 is 2.48 bits per heavy atom. The lowest BCUT2D eigenvalue weighted by Crippen LogP contribution is -2.51. The SMILES string of the molecule is COc1ccc(Cc2cc3ccccc3s2)cc1[C@@H]1S[C@H](CO)[C@@H](O)[C@H](O)[C@H]1O. The number of aliphatic hydroxyl groups is 4. The molecule has 4 N–H and O–H groups in total. The molecule has 5 nitrogen and oxygen atoms in total. The van der Waals surface area contributed by atoms with Gasteiger partial charge in [-0.1, -0.05) is 30.3 Å². The molecule has 0 bridgehead atoms. The Morgan fingerprint density at radius 2 is 1.76 bits per heavy atom. The second kappa shape index (κ2) is 8.63. The number of hydrogen-bond donors (Lipinski definition) is 4. The number of thiophene rings is 1. The standard InChI is InChI=1S/C22H24O5S2/c1-27-16-7-6-12(8-14-10-13-4-2-3-5-17(13)28-14)9-15(16)22-21(26)20(25)19(24)18(11-23)29-22/h2-7,9-10,18-26H,8,11H2,1H3/t18-,19-,20+,21-,22+/m1/s1. The van der Waals surface area contributed by atoms with Crippen LogP contribution in [0.3, 0.4) is 0 Å². The minimum Gasteiger partial charge on any atom is -0.496 e. The van der Waals surface area contributed by atoms with Crippen LogP contribution < -0.4 is 4.74 Å². The molecule has 29 heavy (non-hydrogen) atoms. The van der Waals surface area contributed by atoms with Crippen LogP contribution in [0.15, 0.2) is 48.5 Å². The third-order valence-electron chi connectivity index (χ3n) is 5.35. The molecule has 3 aromatic rings. The lowest BCUT2D eigenvalue weighted by molar-refractivity contribution is -0.0701. The van der Waals surface area contributed by atoms with E-state index in [1.165, 1.54) is 26.7 Å². The highest BCUT2D eigenvalue weighted by molar-refractivity contribution is 8.00. The number of methoxy groups -OCH3 is 1. The average Bonchev–Trinajstić information content (AvgIpc) is 3.14. The number of fused-ring (bicyclic) bond motifs is 1. The Hall–Kier alpha value is -1.61. The van der Waals surface area contributed by atoms with Crippen molar-refractivity contribution in [1.29, 1.82) is 0 Å². The van der Waals surface area contributed by atoms with Crippen LogP contribution in [-0.4, -0.2) is 57.7 Å². The predicted octanol–water partition coefficient (Wildman–Crippen LogP) is 2.73. The number of aliphatic hydroxyl groups excluding tert-OH is 4. The molecule has 7 heteroatoms. The van der Waals surface area contributed by atoms with Gasteiger partial charge in [-0.2, -0.15) is 0 Å². The summed E-state index contributed by atoms with van der Waals surface area (Å²) < 4.78 is 6.75. The predicted molar refractivity (Wildman–Crippen MR) is 117 cm³/mol. The fourth-order valence-electron chi connectivity index (χ4n) is 3.80. The van der Waals surface area contributed by atoms with Crippen LogP contribution >= 0.6 is 23.1 Å². The molecular formula is C22H24O5S2. The van der Waals surface area contributed by atoms with Gasteiger partial charge in [0.15, 0.2) is 0 Å². The van der Waals surface area contributed by atoms with Gasteiger partial charge in [-0.15, -0.1) is 23.1 Å². The van der Waals surface area contributed by atoms with Gasteiger partial charge in [0, 0.05) is 21.6 Å². The van der Waals surface area contributed by atoms with Crippen LogP contribution in [0.2, 0.25) is 0 Å².